The lowest BCUT2D eigenvalue weighted by Crippen LogP contribution is -2.39. The van der Waals surface area contributed by atoms with Crippen molar-refractivity contribution in [1.82, 2.24) is 4.72 Å². The van der Waals surface area contributed by atoms with Gasteiger partial charge in [0.2, 0.25) is 10.0 Å². The van der Waals surface area contributed by atoms with Gasteiger partial charge in [-0.2, -0.15) is 0 Å². The Kier molecular flexibility index (Phi) is 4.54. The maximum absolute atomic E-state index is 11.2. The summed E-state index contributed by atoms with van der Waals surface area (Å²) in [6, 6.07) is 0. The molecule has 0 bridgehead atoms. The number of carboxylic acid groups (broad SMARTS) is 1. The van der Waals surface area contributed by atoms with E-state index < -0.39 is 21.4 Å². The molecule has 0 spiro atoms. The van der Waals surface area contributed by atoms with Crippen LogP contribution in [0.1, 0.15) is 27.2 Å². The minimum absolute atomic E-state index is 0.0305. The summed E-state index contributed by atoms with van der Waals surface area (Å²) in [6.45, 7) is 4.62. The second kappa shape index (κ2) is 4.75. The summed E-state index contributed by atoms with van der Waals surface area (Å²) in [6.07, 6.45) is 0.517. The van der Waals surface area contributed by atoms with Gasteiger partial charge in [0.05, 0.1) is 11.2 Å². The van der Waals surface area contributed by atoms with Gasteiger partial charge in [-0.05, 0) is 20.3 Å². The van der Waals surface area contributed by atoms with Crippen LogP contribution in [0.3, 0.4) is 0 Å². The highest BCUT2D eigenvalue weighted by atomic mass is 32.2. The van der Waals surface area contributed by atoms with Gasteiger partial charge < -0.3 is 5.11 Å². The average Bonchev–Trinajstić information content (AvgIpc) is 2.01. The summed E-state index contributed by atoms with van der Waals surface area (Å²) in [5, 5.41) is 8.73. The summed E-state index contributed by atoms with van der Waals surface area (Å²) < 4.78 is 24.7. The molecule has 84 valence electrons. The Morgan fingerprint density at radius 1 is 1.43 bits per heavy atom. The van der Waals surface area contributed by atoms with Crippen LogP contribution in [-0.4, -0.2) is 31.8 Å². The normalized spacial score (nSPS) is 12.8. The molecule has 0 radical (unpaired) electrons. The molecular weight excluding hydrogens is 206 g/mol. The molecule has 0 saturated heterocycles. The van der Waals surface area contributed by atoms with Crippen LogP contribution in [-0.2, 0) is 14.8 Å². The quantitative estimate of drug-likeness (QED) is 0.684. The van der Waals surface area contributed by atoms with E-state index in [4.69, 9.17) is 5.11 Å². The van der Waals surface area contributed by atoms with Crippen molar-refractivity contribution < 1.29 is 18.3 Å². The summed E-state index contributed by atoms with van der Waals surface area (Å²) >= 11 is 0. The second-order valence-corrected chi connectivity index (χ2v) is 5.76. The lowest BCUT2D eigenvalue weighted by Gasteiger charge is -2.19. The van der Waals surface area contributed by atoms with Crippen LogP contribution in [0, 0.1) is 5.41 Å². The zero-order chi connectivity index (χ0) is 11.4. The van der Waals surface area contributed by atoms with Crippen LogP contribution in [0.25, 0.3) is 0 Å². The Bertz CT molecular complexity index is 294. The van der Waals surface area contributed by atoms with Crippen molar-refractivity contribution in [2.75, 3.05) is 12.3 Å². The molecule has 5 nitrogen and oxygen atoms in total. The highest BCUT2D eigenvalue weighted by Crippen LogP contribution is 2.13. The van der Waals surface area contributed by atoms with E-state index in [0.717, 1.165) is 0 Å². The first kappa shape index (κ1) is 13.4. The zero-order valence-electron chi connectivity index (χ0n) is 8.70. The molecule has 0 rings (SSSR count). The van der Waals surface area contributed by atoms with Crippen molar-refractivity contribution in [3.05, 3.63) is 0 Å². The minimum atomic E-state index is -3.31. The summed E-state index contributed by atoms with van der Waals surface area (Å²) in [7, 11) is -3.31. The van der Waals surface area contributed by atoms with Gasteiger partial charge in [-0.3, -0.25) is 4.79 Å². The molecule has 0 aliphatic carbocycles. The fraction of sp³-hybridized carbons (Fsp3) is 0.875. The topological polar surface area (TPSA) is 83.5 Å². The van der Waals surface area contributed by atoms with Gasteiger partial charge >= 0.3 is 5.97 Å². The van der Waals surface area contributed by atoms with E-state index in [1.54, 1.807) is 6.92 Å². The van der Waals surface area contributed by atoms with Crippen molar-refractivity contribution in [2.24, 2.45) is 5.41 Å². The molecule has 0 fully saturated rings. The number of carbonyl (C=O) groups is 1. The number of nitrogens with one attached hydrogen (secondary N) is 1. The largest absolute Gasteiger partial charge is 0.481 e. The van der Waals surface area contributed by atoms with Gasteiger partial charge in [-0.15, -0.1) is 0 Å². The summed E-state index contributed by atoms with van der Waals surface area (Å²) in [4.78, 5) is 10.7. The van der Waals surface area contributed by atoms with Crippen LogP contribution in [0.2, 0.25) is 0 Å². The molecule has 0 aliphatic heterocycles. The van der Waals surface area contributed by atoms with Crippen molar-refractivity contribution in [3.63, 3.8) is 0 Å². The van der Waals surface area contributed by atoms with E-state index >= 15 is 0 Å². The van der Waals surface area contributed by atoms with Crippen LogP contribution in [0.5, 0.6) is 0 Å². The fourth-order valence-corrected chi connectivity index (χ4v) is 1.97. The van der Waals surface area contributed by atoms with Crippen LogP contribution in [0.15, 0.2) is 0 Å². The molecular formula is C8H17NO4S. The van der Waals surface area contributed by atoms with Crippen LogP contribution < -0.4 is 4.72 Å². The molecule has 2 N–H and O–H groups in total. The third kappa shape index (κ3) is 4.57. The van der Waals surface area contributed by atoms with E-state index in [0.29, 0.717) is 6.42 Å². The molecule has 0 aromatic carbocycles. The molecule has 0 unspecified atom stereocenters. The number of hydrogen-bond donors (Lipinski definition) is 2. The average molecular weight is 223 g/mol. The fourth-order valence-electron chi connectivity index (χ4n) is 0.707. The van der Waals surface area contributed by atoms with Gasteiger partial charge in [0.1, 0.15) is 0 Å². The van der Waals surface area contributed by atoms with Gasteiger partial charge in [0.15, 0.2) is 0 Å². The SMILES string of the molecule is CCCS(=O)(=O)NCC(C)(C)C(=O)O. The maximum Gasteiger partial charge on any atom is 0.310 e. The molecule has 0 saturated carbocycles. The van der Waals surface area contributed by atoms with Crippen molar-refractivity contribution in [3.8, 4) is 0 Å². The first-order valence-corrected chi connectivity index (χ1v) is 6.07. The lowest BCUT2D eigenvalue weighted by atomic mass is 9.95. The summed E-state index contributed by atoms with van der Waals surface area (Å²) in [5.74, 6) is -0.986. The maximum atomic E-state index is 11.2. The third-order valence-corrected chi connectivity index (χ3v) is 3.32. The molecule has 0 atom stereocenters. The highest BCUT2D eigenvalue weighted by Gasteiger charge is 2.28. The number of rotatable bonds is 6. The van der Waals surface area contributed by atoms with Crippen LogP contribution >= 0.6 is 0 Å². The number of sulfonamides is 1. The van der Waals surface area contributed by atoms with Crippen LogP contribution in [0.4, 0.5) is 0 Å². The Morgan fingerprint density at radius 3 is 2.29 bits per heavy atom. The monoisotopic (exact) mass is 223 g/mol. The summed E-state index contributed by atoms with van der Waals surface area (Å²) in [5.41, 5.74) is -1.07. The third-order valence-electron chi connectivity index (χ3n) is 1.79. The van der Waals surface area contributed by atoms with E-state index in [-0.39, 0.29) is 12.3 Å². The number of hydrogen-bond acceptors (Lipinski definition) is 3. The number of carboxylic acids is 1. The van der Waals surface area contributed by atoms with Crippen molar-refractivity contribution in [2.45, 2.75) is 27.2 Å². The highest BCUT2D eigenvalue weighted by molar-refractivity contribution is 7.89. The Hall–Kier alpha value is -0.620. The lowest BCUT2D eigenvalue weighted by molar-refractivity contribution is -0.146. The van der Waals surface area contributed by atoms with Gasteiger partial charge in [-0.25, -0.2) is 13.1 Å². The second-order valence-electron chi connectivity index (χ2n) is 3.83. The van der Waals surface area contributed by atoms with E-state index in [2.05, 4.69) is 4.72 Å². The first-order chi connectivity index (χ1) is 6.21. The smallest absolute Gasteiger partial charge is 0.310 e. The molecule has 0 amide bonds. The predicted octanol–water partition coefficient (Wildman–Crippen LogP) is 0.427. The van der Waals surface area contributed by atoms with Gasteiger partial charge in [0.25, 0.3) is 0 Å². The van der Waals surface area contributed by atoms with Gasteiger partial charge in [0, 0.05) is 6.54 Å². The van der Waals surface area contributed by atoms with Gasteiger partial charge in [-0.1, -0.05) is 6.92 Å². The zero-order valence-corrected chi connectivity index (χ0v) is 9.52. The molecule has 0 heterocycles. The molecule has 6 heteroatoms. The van der Waals surface area contributed by atoms with Crippen molar-refractivity contribution in [1.29, 1.82) is 0 Å². The van der Waals surface area contributed by atoms with Crippen molar-refractivity contribution >= 4 is 16.0 Å². The molecule has 0 aliphatic rings. The predicted molar refractivity (Wildman–Crippen MR) is 53.5 cm³/mol. The number of aliphatic carboxylic acids is 1. The Morgan fingerprint density at radius 2 is 1.93 bits per heavy atom. The molecule has 14 heavy (non-hydrogen) atoms. The minimum Gasteiger partial charge on any atom is -0.481 e. The Labute approximate surface area is 84.6 Å². The Balaban J connectivity index is 4.26. The first-order valence-electron chi connectivity index (χ1n) is 4.42. The standard InChI is InChI=1S/C8H17NO4S/c1-4-5-14(12,13)9-6-8(2,3)7(10)11/h9H,4-6H2,1-3H3,(H,10,11). The van der Waals surface area contributed by atoms with E-state index in [1.807, 2.05) is 0 Å². The molecule has 0 aromatic rings. The van der Waals surface area contributed by atoms with E-state index in [1.165, 1.54) is 13.8 Å². The molecule has 0 aromatic heterocycles. The van der Waals surface area contributed by atoms with E-state index in [9.17, 15) is 13.2 Å².